The Morgan fingerprint density at radius 1 is 1.07 bits per heavy atom. The van der Waals surface area contributed by atoms with Crippen LogP contribution < -0.4 is 15.8 Å². The molecule has 2 unspecified atom stereocenters. The van der Waals surface area contributed by atoms with Crippen LogP contribution in [0.5, 0.6) is 5.75 Å². The van der Waals surface area contributed by atoms with Crippen molar-refractivity contribution in [2.75, 3.05) is 26.7 Å². The minimum Gasteiger partial charge on any atom is -0.497 e. The van der Waals surface area contributed by atoms with E-state index in [1.54, 1.807) is 7.11 Å². The van der Waals surface area contributed by atoms with Crippen molar-refractivity contribution < 1.29 is 9.53 Å². The predicted molar refractivity (Wildman–Crippen MR) is 122 cm³/mol. The summed E-state index contributed by atoms with van der Waals surface area (Å²) in [4.78, 5) is 15.0. The Balaban J connectivity index is 0.00000210. The Bertz CT molecular complexity index is 723. The standard InChI is InChI=1S/C22H29N3O2.2ClH/c1-27-19-11-9-18(10-12-19)21(25-13-5-6-14-25)16-24-22(26)20(23)15-17-7-3-2-4-8-17;;/h2-4,7-12,20-21H,5-6,13-16,23H2,1H3,(H,24,26);2*1H. The van der Waals surface area contributed by atoms with Gasteiger partial charge in [-0.05, 0) is 55.6 Å². The summed E-state index contributed by atoms with van der Waals surface area (Å²) in [6, 6.07) is 17.6. The van der Waals surface area contributed by atoms with Gasteiger partial charge in [-0.2, -0.15) is 0 Å². The fourth-order valence-corrected chi connectivity index (χ4v) is 3.63. The van der Waals surface area contributed by atoms with Crippen LogP contribution in [0.1, 0.15) is 30.0 Å². The summed E-state index contributed by atoms with van der Waals surface area (Å²) < 4.78 is 5.26. The molecule has 0 aliphatic carbocycles. The van der Waals surface area contributed by atoms with Crippen LogP contribution in [-0.2, 0) is 11.2 Å². The number of nitrogens with two attached hydrogens (primary N) is 1. The largest absolute Gasteiger partial charge is 0.497 e. The second kappa shape index (κ2) is 12.7. The van der Waals surface area contributed by atoms with Crippen LogP contribution in [-0.4, -0.2) is 43.6 Å². The van der Waals surface area contributed by atoms with Crippen LogP contribution in [0.3, 0.4) is 0 Å². The number of carbonyl (C=O) groups is 1. The molecule has 1 heterocycles. The first-order valence-corrected chi connectivity index (χ1v) is 9.62. The van der Waals surface area contributed by atoms with Crippen molar-refractivity contribution in [2.24, 2.45) is 5.73 Å². The van der Waals surface area contributed by atoms with E-state index in [9.17, 15) is 4.79 Å². The Morgan fingerprint density at radius 2 is 1.69 bits per heavy atom. The van der Waals surface area contributed by atoms with Crippen molar-refractivity contribution in [2.45, 2.75) is 31.3 Å². The van der Waals surface area contributed by atoms with Gasteiger partial charge in [0.2, 0.25) is 5.91 Å². The molecule has 1 fully saturated rings. The van der Waals surface area contributed by atoms with E-state index in [1.807, 2.05) is 42.5 Å². The lowest BCUT2D eigenvalue weighted by Gasteiger charge is -2.29. The molecule has 29 heavy (non-hydrogen) atoms. The molecule has 0 radical (unpaired) electrons. The number of halogens is 2. The van der Waals surface area contributed by atoms with Gasteiger partial charge in [0, 0.05) is 6.54 Å². The van der Waals surface area contributed by atoms with Crippen molar-refractivity contribution in [3.63, 3.8) is 0 Å². The second-order valence-corrected chi connectivity index (χ2v) is 7.07. The van der Waals surface area contributed by atoms with Gasteiger partial charge < -0.3 is 15.8 Å². The summed E-state index contributed by atoms with van der Waals surface area (Å²) in [6.45, 7) is 2.68. The van der Waals surface area contributed by atoms with Crippen LogP contribution in [0.25, 0.3) is 0 Å². The normalized spacial score (nSPS) is 15.5. The fraction of sp³-hybridized carbons (Fsp3) is 0.409. The molecule has 2 aromatic carbocycles. The molecular formula is C22H31Cl2N3O2. The highest BCUT2D eigenvalue weighted by Crippen LogP contribution is 2.26. The molecule has 5 nitrogen and oxygen atoms in total. The van der Waals surface area contributed by atoms with Crippen molar-refractivity contribution in [1.29, 1.82) is 0 Å². The number of methoxy groups -OCH3 is 1. The lowest BCUT2D eigenvalue weighted by atomic mass is 10.0. The lowest BCUT2D eigenvalue weighted by molar-refractivity contribution is -0.122. The molecule has 3 N–H and O–H groups in total. The fourth-order valence-electron chi connectivity index (χ4n) is 3.63. The van der Waals surface area contributed by atoms with Crippen molar-refractivity contribution in [3.8, 4) is 5.75 Å². The Hall–Kier alpha value is -1.79. The first-order chi connectivity index (χ1) is 13.2. The highest BCUT2D eigenvalue weighted by molar-refractivity contribution is 5.85. The number of amides is 1. The van der Waals surface area contributed by atoms with E-state index >= 15 is 0 Å². The minimum atomic E-state index is -0.539. The number of nitrogens with one attached hydrogen (secondary N) is 1. The number of carbonyl (C=O) groups excluding carboxylic acids is 1. The zero-order valence-corrected chi connectivity index (χ0v) is 18.4. The van der Waals surface area contributed by atoms with Gasteiger partial charge in [0.25, 0.3) is 0 Å². The number of ether oxygens (including phenoxy) is 1. The maximum atomic E-state index is 12.5. The van der Waals surface area contributed by atoms with E-state index in [0.717, 1.165) is 24.4 Å². The number of likely N-dealkylation sites (tertiary alicyclic amines) is 1. The van der Waals surface area contributed by atoms with E-state index < -0.39 is 6.04 Å². The molecule has 0 bridgehead atoms. The highest BCUT2D eigenvalue weighted by atomic mass is 35.5. The number of rotatable bonds is 8. The van der Waals surface area contributed by atoms with Crippen molar-refractivity contribution >= 4 is 30.7 Å². The average Bonchev–Trinajstić information content (AvgIpc) is 3.23. The molecule has 0 spiro atoms. The van der Waals surface area contributed by atoms with Gasteiger partial charge in [0.05, 0.1) is 19.2 Å². The lowest BCUT2D eigenvalue weighted by Crippen LogP contribution is -2.45. The van der Waals surface area contributed by atoms with Crippen LogP contribution in [0.2, 0.25) is 0 Å². The quantitative estimate of drug-likeness (QED) is 0.661. The van der Waals surface area contributed by atoms with Crippen LogP contribution in [0.15, 0.2) is 54.6 Å². The van der Waals surface area contributed by atoms with E-state index in [-0.39, 0.29) is 36.8 Å². The summed E-state index contributed by atoms with van der Waals surface area (Å²) in [6.07, 6.45) is 2.95. The molecule has 1 aliphatic rings. The minimum absolute atomic E-state index is 0. The summed E-state index contributed by atoms with van der Waals surface area (Å²) in [5.41, 5.74) is 8.39. The van der Waals surface area contributed by atoms with Gasteiger partial charge in [-0.25, -0.2) is 0 Å². The van der Waals surface area contributed by atoms with Gasteiger partial charge in [0.15, 0.2) is 0 Å². The van der Waals surface area contributed by atoms with Crippen LogP contribution in [0, 0.1) is 0 Å². The van der Waals surface area contributed by atoms with Crippen molar-refractivity contribution in [1.82, 2.24) is 10.2 Å². The number of benzene rings is 2. The van der Waals surface area contributed by atoms with Crippen molar-refractivity contribution in [3.05, 3.63) is 65.7 Å². The molecule has 0 saturated carbocycles. The first kappa shape index (κ1) is 25.2. The topological polar surface area (TPSA) is 67.6 Å². The smallest absolute Gasteiger partial charge is 0.237 e. The second-order valence-electron chi connectivity index (χ2n) is 7.07. The maximum absolute atomic E-state index is 12.5. The molecule has 1 aliphatic heterocycles. The number of hydrogen-bond acceptors (Lipinski definition) is 4. The Kier molecular flexibility index (Phi) is 11.1. The van der Waals surface area contributed by atoms with Gasteiger partial charge in [-0.1, -0.05) is 42.5 Å². The van der Waals surface area contributed by atoms with Crippen LogP contribution in [0.4, 0.5) is 0 Å². The van der Waals surface area contributed by atoms with Gasteiger partial charge in [-0.15, -0.1) is 24.8 Å². The third kappa shape index (κ3) is 7.19. The van der Waals surface area contributed by atoms with E-state index in [4.69, 9.17) is 10.5 Å². The third-order valence-corrected chi connectivity index (χ3v) is 5.19. The molecule has 1 amide bonds. The van der Waals surface area contributed by atoms with Gasteiger partial charge in [0.1, 0.15) is 5.75 Å². The predicted octanol–water partition coefficient (Wildman–Crippen LogP) is 3.36. The monoisotopic (exact) mass is 439 g/mol. The summed E-state index contributed by atoms with van der Waals surface area (Å²) in [5.74, 6) is 0.740. The van der Waals surface area contributed by atoms with Gasteiger partial charge >= 0.3 is 0 Å². The number of nitrogens with zero attached hydrogens (tertiary/aromatic N) is 1. The SMILES string of the molecule is COc1ccc(C(CNC(=O)C(N)Cc2ccccc2)N2CCCC2)cc1.Cl.Cl. The highest BCUT2D eigenvalue weighted by Gasteiger charge is 2.25. The number of hydrogen-bond donors (Lipinski definition) is 2. The third-order valence-electron chi connectivity index (χ3n) is 5.19. The molecule has 0 aromatic heterocycles. The van der Waals surface area contributed by atoms with E-state index in [1.165, 1.54) is 18.4 Å². The Labute approximate surface area is 185 Å². The van der Waals surface area contributed by atoms with E-state index in [0.29, 0.717) is 13.0 Å². The molecule has 160 valence electrons. The molecule has 7 heteroatoms. The molecule has 1 saturated heterocycles. The summed E-state index contributed by atoms with van der Waals surface area (Å²) in [7, 11) is 1.67. The zero-order valence-electron chi connectivity index (χ0n) is 16.8. The molecule has 3 rings (SSSR count). The molecule has 2 atom stereocenters. The Morgan fingerprint density at radius 3 is 2.28 bits per heavy atom. The maximum Gasteiger partial charge on any atom is 0.237 e. The van der Waals surface area contributed by atoms with Gasteiger partial charge in [-0.3, -0.25) is 9.69 Å². The first-order valence-electron chi connectivity index (χ1n) is 9.62. The zero-order chi connectivity index (χ0) is 19.1. The van der Waals surface area contributed by atoms with Crippen LogP contribution >= 0.6 is 24.8 Å². The molecule has 2 aromatic rings. The summed E-state index contributed by atoms with van der Waals surface area (Å²) in [5, 5.41) is 3.07. The average molecular weight is 440 g/mol. The van der Waals surface area contributed by atoms with E-state index in [2.05, 4.69) is 22.3 Å². The summed E-state index contributed by atoms with van der Waals surface area (Å²) >= 11 is 0. The molecular weight excluding hydrogens is 409 g/mol.